The van der Waals surface area contributed by atoms with Crippen LogP contribution >= 0.6 is 0 Å². The molecule has 28 heavy (non-hydrogen) atoms. The van der Waals surface area contributed by atoms with Crippen LogP contribution in [0, 0.1) is 0 Å². The quantitative estimate of drug-likeness (QED) is 0.304. The van der Waals surface area contributed by atoms with Gasteiger partial charge in [0, 0.05) is 41.5 Å². The Labute approximate surface area is 157 Å². The van der Waals surface area contributed by atoms with Gasteiger partial charge in [0.1, 0.15) is 16.9 Å². The number of rotatable bonds is 4. The van der Waals surface area contributed by atoms with E-state index in [1.165, 1.54) is 25.1 Å². The van der Waals surface area contributed by atoms with Gasteiger partial charge in [-0.25, -0.2) is 9.59 Å². The van der Waals surface area contributed by atoms with Gasteiger partial charge < -0.3 is 18.3 Å². The Morgan fingerprint density at radius 3 is 2.04 bits per heavy atom. The summed E-state index contributed by atoms with van der Waals surface area (Å²) in [6.45, 7) is 1.26. The summed E-state index contributed by atoms with van der Waals surface area (Å²) in [6.07, 6.45) is -1.08. The van der Waals surface area contributed by atoms with Gasteiger partial charge in [-0.1, -0.05) is 12.1 Å². The number of esters is 1. The molecule has 0 radical (unpaired) electrons. The van der Waals surface area contributed by atoms with Crippen LogP contribution in [0.15, 0.2) is 79.1 Å². The fraction of sp³-hybridized carbons (Fsp3) is 0.0952. The van der Waals surface area contributed by atoms with Gasteiger partial charge in [0.05, 0.1) is 0 Å². The van der Waals surface area contributed by atoms with Crippen molar-refractivity contribution in [2.75, 3.05) is 0 Å². The molecule has 4 aromatic rings. The average Bonchev–Trinajstić information content (AvgIpc) is 2.66. The lowest BCUT2D eigenvalue weighted by molar-refractivity contribution is -0.162. The summed E-state index contributed by atoms with van der Waals surface area (Å²) in [5.41, 5.74) is 0.197. The first-order valence-corrected chi connectivity index (χ1v) is 8.39. The van der Waals surface area contributed by atoms with Crippen LogP contribution in [-0.4, -0.2) is 5.97 Å². The fourth-order valence-corrected chi connectivity index (χ4v) is 2.77. The molecule has 0 spiro atoms. The lowest BCUT2D eigenvalue weighted by Gasteiger charge is -2.19. The zero-order valence-electron chi connectivity index (χ0n) is 14.7. The number of benzene rings is 2. The van der Waals surface area contributed by atoms with Crippen LogP contribution in [0.3, 0.4) is 0 Å². The van der Waals surface area contributed by atoms with Crippen LogP contribution in [-0.2, 0) is 9.53 Å². The van der Waals surface area contributed by atoms with Gasteiger partial charge in [0.15, 0.2) is 0 Å². The minimum atomic E-state index is -1.08. The molecule has 0 fully saturated rings. The Bertz CT molecular complexity index is 1300. The highest BCUT2D eigenvalue weighted by Gasteiger charge is 2.18. The van der Waals surface area contributed by atoms with E-state index in [1.54, 1.807) is 42.5 Å². The SMILES string of the molecule is CC(=O)OC(Oc1ccc2ccc(=O)oc2c1)c1ccc2ccc(=O)oc2c1. The second kappa shape index (κ2) is 7.03. The Morgan fingerprint density at radius 2 is 1.39 bits per heavy atom. The monoisotopic (exact) mass is 378 g/mol. The van der Waals surface area contributed by atoms with Gasteiger partial charge in [-0.2, -0.15) is 0 Å². The van der Waals surface area contributed by atoms with Gasteiger partial charge in [-0.15, -0.1) is 0 Å². The van der Waals surface area contributed by atoms with E-state index in [9.17, 15) is 14.4 Å². The highest BCUT2D eigenvalue weighted by atomic mass is 16.7. The molecule has 0 amide bonds. The lowest BCUT2D eigenvalue weighted by Crippen LogP contribution is -2.15. The number of carbonyl (C=O) groups is 1. The Morgan fingerprint density at radius 1 is 0.821 bits per heavy atom. The molecule has 1 atom stereocenters. The molecule has 7 nitrogen and oxygen atoms in total. The summed E-state index contributed by atoms with van der Waals surface area (Å²) in [6, 6.07) is 15.9. The molecule has 0 aliphatic carbocycles. The molecule has 0 aliphatic rings. The third-order valence-corrected chi connectivity index (χ3v) is 4.03. The molecular weight excluding hydrogens is 364 g/mol. The molecule has 0 aliphatic heterocycles. The first kappa shape index (κ1) is 17.5. The molecule has 0 saturated heterocycles. The Balaban J connectivity index is 1.73. The van der Waals surface area contributed by atoms with E-state index in [4.69, 9.17) is 18.3 Å². The van der Waals surface area contributed by atoms with Crippen molar-refractivity contribution < 1.29 is 23.1 Å². The lowest BCUT2D eigenvalue weighted by atomic mass is 10.1. The van der Waals surface area contributed by atoms with Crippen molar-refractivity contribution in [1.29, 1.82) is 0 Å². The van der Waals surface area contributed by atoms with Crippen molar-refractivity contribution in [3.8, 4) is 5.75 Å². The smallest absolute Gasteiger partial charge is 0.336 e. The number of hydrogen-bond acceptors (Lipinski definition) is 7. The third-order valence-electron chi connectivity index (χ3n) is 4.03. The minimum Gasteiger partial charge on any atom is -0.450 e. The topological polar surface area (TPSA) is 96.0 Å². The van der Waals surface area contributed by atoms with E-state index in [0.717, 1.165) is 10.8 Å². The third kappa shape index (κ3) is 3.64. The molecule has 7 heteroatoms. The van der Waals surface area contributed by atoms with Gasteiger partial charge in [0.25, 0.3) is 6.29 Å². The highest BCUT2D eigenvalue weighted by Crippen LogP contribution is 2.28. The van der Waals surface area contributed by atoms with E-state index >= 15 is 0 Å². The molecule has 2 heterocycles. The summed E-state index contributed by atoms with van der Waals surface area (Å²) in [5, 5.41) is 1.45. The second-order valence-corrected chi connectivity index (χ2v) is 6.06. The van der Waals surface area contributed by atoms with Gasteiger partial charge in [0.2, 0.25) is 0 Å². The van der Waals surface area contributed by atoms with Crippen molar-refractivity contribution in [3.63, 3.8) is 0 Å². The summed E-state index contributed by atoms with van der Waals surface area (Å²) in [4.78, 5) is 34.4. The minimum absolute atomic E-state index is 0.336. The first-order chi connectivity index (χ1) is 13.5. The zero-order chi connectivity index (χ0) is 19.7. The molecule has 0 saturated carbocycles. The average molecular weight is 378 g/mol. The summed E-state index contributed by atoms with van der Waals surface area (Å²) in [5.74, 6) is -0.213. The fourth-order valence-electron chi connectivity index (χ4n) is 2.77. The van der Waals surface area contributed by atoms with Crippen molar-refractivity contribution in [2.24, 2.45) is 0 Å². The van der Waals surface area contributed by atoms with Crippen LogP contribution in [0.2, 0.25) is 0 Å². The highest BCUT2D eigenvalue weighted by molar-refractivity contribution is 5.78. The molecule has 0 bridgehead atoms. The standard InChI is InChI=1S/C21H14O7/c1-12(22)25-21(15-3-2-13-5-8-19(23)27-17(13)10-15)26-16-7-4-14-6-9-20(24)28-18(14)11-16/h2-11,21H,1H3. The summed E-state index contributed by atoms with van der Waals surface area (Å²) < 4.78 is 21.4. The predicted octanol–water partition coefficient (Wildman–Crippen LogP) is 3.54. The first-order valence-electron chi connectivity index (χ1n) is 8.39. The van der Waals surface area contributed by atoms with Crippen molar-refractivity contribution in [1.82, 2.24) is 0 Å². The summed E-state index contributed by atoms with van der Waals surface area (Å²) in [7, 11) is 0. The van der Waals surface area contributed by atoms with Crippen LogP contribution in [0.5, 0.6) is 5.75 Å². The Hall–Kier alpha value is -3.87. The number of fused-ring (bicyclic) bond motifs is 2. The zero-order valence-corrected chi connectivity index (χ0v) is 14.7. The normalized spacial score (nSPS) is 12.0. The van der Waals surface area contributed by atoms with Crippen LogP contribution in [0.4, 0.5) is 0 Å². The van der Waals surface area contributed by atoms with Crippen LogP contribution in [0.1, 0.15) is 18.8 Å². The number of hydrogen-bond donors (Lipinski definition) is 0. The largest absolute Gasteiger partial charge is 0.450 e. The summed E-state index contributed by atoms with van der Waals surface area (Å²) >= 11 is 0. The van der Waals surface area contributed by atoms with E-state index < -0.39 is 23.5 Å². The predicted molar refractivity (Wildman–Crippen MR) is 100 cm³/mol. The molecule has 140 valence electrons. The molecule has 1 unspecified atom stereocenters. The van der Waals surface area contributed by atoms with Crippen molar-refractivity contribution in [3.05, 3.63) is 87.1 Å². The molecule has 0 N–H and O–H groups in total. The second-order valence-electron chi connectivity index (χ2n) is 6.06. The van der Waals surface area contributed by atoms with Crippen LogP contribution < -0.4 is 16.0 Å². The van der Waals surface area contributed by atoms with E-state index in [2.05, 4.69) is 0 Å². The van der Waals surface area contributed by atoms with E-state index in [1.807, 2.05) is 0 Å². The Kier molecular flexibility index (Phi) is 4.41. The number of ether oxygens (including phenoxy) is 2. The number of carbonyl (C=O) groups excluding carboxylic acids is 1. The molecule has 2 aromatic heterocycles. The van der Waals surface area contributed by atoms with Gasteiger partial charge >= 0.3 is 17.2 Å². The maximum absolute atomic E-state index is 11.6. The maximum Gasteiger partial charge on any atom is 0.336 e. The van der Waals surface area contributed by atoms with E-state index in [-0.39, 0.29) is 0 Å². The maximum atomic E-state index is 11.6. The van der Waals surface area contributed by atoms with Crippen LogP contribution in [0.25, 0.3) is 21.9 Å². The molecule has 2 aromatic carbocycles. The van der Waals surface area contributed by atoms with Gasteiger partial charge in [-0.3, -0.25) is 4.79 Å². The van der Waals surface area contributed by atoms with Crippen molar-refractivity contribution >= 4 is 27.9 Å². The van der Waals surface area contributed by atoms with Gasteiger partial charge in [-0.05, 0) is 30.3 Å². The van der Waals surface area contributed by atoms with E-state index in [0.29, 0.717) is 22.5 Å². The molecular formula is C21H14O7. The molecule has 4 rings (SSSR count). The van der Waals surface area contributed by atoms with Crippen molar-refractivity contribution in [2.45, 2.75) is 13.2 Å².